The normalized spacial score (nSPS) is 12.2. The molecule has 0 aliphatic carbocycles. The number of nitrogens with one attached hydrogen (secondary N) is 1. The van der Waals surface area contributed by atoms with Gasteiger partial charge >= 0.3 is 0 Å². The van der Waals surface area contributed by atoms with E-state index in [0.29, 0.717) is 18.6 Å². The monoisotopic (exact) mass is 280 g/mol. The lowest BCUT2D eigenvalue weighted by Crippen LogP contribution is -2.36. The van der Waals surface area contributed by atoms with E-state index in [1.165, 1.54) is 0 Å². The van der Waals surface area contributed by atoms with Gasteiger partial charge in [-0.1, -0.05) is 13.8 Å². The van der Waals surface area contributed by atoms with Gasteiger partial charge in [-0.3, -0.25) is 0 Å². The number of aromatic nitrogens is 2. The molecule has 0 bridgehead atoms. The van der Waals surface area contributed by atoms with Crippen LogP contribution in [0.3, 0.4) is 0 Å². The van der Waals surface area contributed by atoms with Crippen molar-refractivity contribution in [3.8, 4) is 0 Å². The third kappa shape index (κ3) is 4.96. The second-order valence-electron chi connectivity index (χ2n) is 5.06. The van der Waals surface area contributed by atoms with Gasteiger partial charge in [0, 0.05) is 38.0 Å². The zero-order valence-electron chi connectivity index (χ0n) is 13.4. The molecule has 0 aliphatic heterocycles. The lowest BCUT2D eigenvalue weighted by molar-refractivity contribution is 0.203. The lowest BCUT2D eigenvalue weighted by atomic mass is 10.2. The highest BCUT2D eigenvalue weighted by atomic mass is 16.5. The summed E-state index contributed by atoms with van der Waals surface area (Å²) in [5.41, 5.74) is 0.985. The van der Waals surface area contributed by atoms with E-state index in [9.17, 15) is 0 Å². The Morgan fingerprint density at radius 3 is 2.70 bits per heavy atom. The molecule has 0 amide bonds. The molecule has 0 radical (unpaired) electrons. The zero-order chi connectivity index (χ0) is 15.0. The van der Waals surface area contributed by atoms with Crippen LogP contribution in [-0.2, 0) is 4.74 Å². The van der Waals surface area contributed by atoms with Gasteiger partial charge in [0.05, 0.1) is 6.61 Å². The highest BCUT2D eigenvalue weighted by Gasteiger charge is 2.15. The fourth-order valence-electron chi connectivity index (χ4n) is 1.99. The predicted octanol–water partition coefficient (Wildman–Crippen LogP) is 2.86. The quantitative estimate of drug-likeness (QED) is 0.754. The van der Waals surface area contributed by atoms with Gasteiger partial charge < -0.3 is 15.0 Å². The van der Waals surface area contributed by atoms with E-state index in [0.717, 1.165) is 37.4 Å². The van der Waals surface area contributed by atoms with E-state index >= 15 is 0 Å². The summed E-state index contributed by atoms with van der Waals surface area (Å²) >= 11 is 0. The van der Waals surface area contributed by atoms with E-state index in [1.807, 2.05) is 13.0 Å². The van der Waals surface area contributed by atoms with Gasteiger partial charge in [0.25, 0.3) is 0 Å². The number of hydrogen-bond acceptors (Lipinski definition) is 5. The molecule has 5 nitrogen and oxygen atoms in total. The Bertz CT molecular complexity index is 397. The van der Waals surface area contributed by atoms with Crippen LogP contribution in [0.1, 0.15) is 39.3 Å². The minimum Gasteiger partial charge on any atom is -0.383 e. The fraction of sp³-hybridized carbons (Fsp3) is 0.733. The van der Waals surface area contributed by atoms with E-state index in [-0.39, 0.29) is 0 Å². The van der Waals surface area contributed by atoms with Crippen LogP contribution in [0, 0.1) is 6.92 Å². The van der Waals surface area contributed by atoms with E-state index in [4.69, 9.17) is 4.74 Å². The number of aryl methyl sites for hydroxylation is 1. The van der Waals surface area contributed by atoms with Crippen LogP contribution in [0.25, 0.3) is 0 Å². The highest BCUT2D eigenvalue weighted by molar-refractivity contribution is 5.45. The number of hydrogen-bond donors (Lipinski definition) is 1. The standard InChI is InChI=1S/C15H28N4O/c1-6-8-16-15-17-12(3)11-14(18-15)19(9-10-20-5)13(4)7-2/h11,13H,6-10H2,1-5H3,(H,16,17,18). The summed E-state index contributed by atoms with van der Waals surface area (Å²) in [6.07, 6.45) is 2.13. The maximum absolute atomic E-state index is 5.21. The van der Waals surface area contributed by atoms with E-state index in [2.05, 4.69) is 41.0 Å². The molecule has 0 spiro atoms. The average molecular weight is 280 g/mol. The van der Waals surface area contributed by atoms with Gasteiger partial charge in [-0.05, 0) is 26.7 Å². The van der Waals surface area contributed by atoms with Crippen molar-refractivity contribution in [1.82, 2.24) is 9.97 Å². The molecule has 1 aromatic rings. The Hall–Kier alpha value is -1.36. The largest absolute Gasteiger partial charge is 0.383 e. The minimum absolute atomic E-state index is 0.429. The van der Waals surface area contributed by atoms with Gasteiger partial charge in [0.1, 0.15) is 5.82 Å². The smallest absolute Gasteiger partial charge is 0.224 e. The van der Waals surface area contributed by atoms with Crippen molar-refractivity contribution in [2.24, 2.45) is 0 Å². The molecule has 0 saturated carbocycles. The van der Waals surface area contributed by atoms with Crippen molar-refractivity contribution in [3.05, 3.63) is 11.8 Å². The predicted molar refractivity (Wildman–Crippen MR) is 84.5 cm³/mol. The van der Waals surface area contributed by atoms with Crippen LogP contribution >= 0.6 is 0 Å². The Morgan fingerprint density at radius 2 is 2.10 bits per heavy atom. The molecule has 0 saturated heterocycles. The summed E-state index contributed by atoms with van der Waals surface area (Å²) in [6.45, 7) is 11.0. The molecule has 20 heavy (non-hydrogen) atoms. The molecule has 114 valence electrons. The number of rotatable bonds is 9. The molecule has 1 heterocycles. The van der Waals surface area contributed by atoms with Crippen LogP contribution in [0.4, 0.5) is 11.8 Å². The molecule has 0 aromatic carbocycles. The number of methoxy groups -OCH3 is 1. The summed E-state index contributed by atoms with van der Waals surface area (Å²) in [4.78, 5) is 11.4. The molecular weight excluding hydrogens is 252 g/mol. The third-order valence-electron chi connectivity index (χ3n) is 3.33. The summed E-state index contributed by atoms with van der Waals surface area (Å²) in [5, 5.41) is 3.26. The van der Waals surface area contributed by atoms with Gasteiger partial charge in [0.2, 0.25) is 5.95 Å². The van der Waals surface area contributed by atoms with Gasteiger partial charge in [-0.25, -0.2) is 4.98 Å². The molecule has 1 atom stereocenters. The molecule has 0 fully saturated rings. The van der Waals surface area contributed by atoms with Crippen molar-refractivity contribution in [2.75, 3.05) is 37.0 Å². The Balaban J connectivity index is 2.95. The first-order chi connectivity index (χ1) is 9.62. The van der Waals surface area contributed by atoms with Crippen molar-refractivity contribution < 1.29 is 4.74 Å². The van der Waals surface area contributed by atoms with E-state index < -0.39 is 0 Å². The minimum atomic E-state index is 0.429. The van der Waals surface area contributed by atoms with Crippen molar-refractivity contribution in [2.45, 2.75) is 46.6 Å². The van der Waals surface area contributed by atoms with Crippen molar-refractivity contribution >= 4 is 11.8 Å². The topological polar surface area (TPSA) is 50.3 Å². The van der Waals surface area contributed by atoms with Gasteiger partial charge in [-0.15, -0.1) is 0 Å². The number of anilines is 2. The number of nitrogens with zero attached hydrogens (tertiary/aromatic N) is 3. The molecule has 1 N–H and O–H groups in total. The van der Waals surface area contributed by atoms with Crippen molar-refractivity contribution in [1.29, 1.82) is 0 Å². The summed E-state index contributed by atoms with van der Waals surface area (Å²) in [7, 11) is 1.73. The van der Waals surface area contributed by atoms with E-state index in [1.54, 1.807) is 7.11 Å². The van der Waals surface area contributed by atoms with Crippen LogP contribution in [0.15, 0.2) is 6.07 Å². The van der Waals surface area contributed by atoms with Crippen molar-refractivity contribution in [3.63, 3.8) is 0 Å². The fourth-order valence-corrected chi connectivity index (χ4v) is 1.99. The van der Waals surface area contributed by atoms with Gasteiger partial charge in [-0.2, -0.15) is 4.98 Å². The third-order valence-corrected chi connectivity index (χ3v) is 3.33. The number of ether oxygens (including phenoxy) is 1. The first-order valence-corrected chi connectivity index (χ1v) is 7.47. The first-order valence-electron chi connectivity index (χ1n) is 7.47. The Labute approximate surface area is 122 Å². The molecule has 1 aromatic heterocycles. The summed E-state index contributed by atoms with van der Waals surface area (Å²) < 4.78 is 5.21. The van der Waals surface area contributed by atoms with Crippen LogP contribution in [0.2, 0.25) is 0 Å². The lowest BCUT2D eigenvalue weighted by Gasteiger charge is -2.29. The Kier molecular flexibility index (Phi) is 7.30. The second-order valence-corrected chi connectivity index (χ2v) is 5.06. The van der Waals surface area contributed by atoms with Gasteiger partial charge in [0.15, 0.2) is 0 Å². The zero-order valence-corrected chi connectivity index (χ0v) is 13.4. The highest BCUT2D eigenvalue weighted by Crippen LogP contribution is 2.18. The molecule has 1 rings (SSSR count). The van der Waals surface area contributed by atoms with Crippen LogP contribution in [0.5, 0.6) is 0 Å². The average Bonchev–Trinajstić information content (AvgIpc) is 2.44. The summed E-state index contributed by atoms with van der Waals surface area (Å²) in [6, 6.07) is 2.47. The SMILES string of the molecule is CCCNc1nc(C)cc(N(CCOC)C(C)CC)n1. The maximum Gasteiger partial charge on any atom is 0.224 e. The molecule has 5 heteroatoms. The molecule has 1 unspecified atom stereocenters. The Morgan fingerprint density at radius 1 is 1.35 bits per heavy atom. The maximum atomic E-state index is 5.21. The molecular formula is C15H28N4O. The second kappa shape index (κ2) is 8.74. The van der Waals surface area contributed by atoms with Crippen LogP contribution in [-0.4, -0.2) is 42.8 Å². The molecule has 0 aliphatic rings. The van der Waals surface area contributed by atoms with Crippen LogP contribution < -0.4 is 10.2 Å². The first kappa shape index (κ1) is 16.7. The summed E-state index contributed by atoms with van der Waals surface area (Å²) in [5.74, 6) is 1.69.